The summed E-state index contributed by atoms with van der Waals surface area (Å²) in [6.45, 7) is 1.65. The minimum absolute atomic E-state index is 0.0416. The molecule has 0 spiro atoms. The summed E-state index contributed by atoms with van der Waals surface area (Å²) in [6, 6.07) is 9.35. The van der Waals surface area contributed by atoms with Gasteiger partial charge in [-0.2, -0.15) is 0 Å². The zero-order valence-electron chi connectivity index (χ0n) is 13.3. The number of carbonyl (C=O) groups excluding carboxylic acids is 1. The van der Waals surface area contributed by atoms with E-state index in [4.69, 9.17) is 4.74 Å². The molecule has 1 aromatic heterocycles. The van der Waals surface area contributed by atoms with Crippen molar-refractivity contribution in [3.05, 3.63) is 60.2 Å². The van der Waals surface area contributed by atoms with Gasteiger partial charge in [0.1, 0.15) is 5.82 Å². The van der Waals surface area contributed by atoms with E-state index in [0.29, 0.717) is 18.8 Å². The van der Waals surface area contributed by atoms with Crippen molar-refractivity contribution in [2.24, 2.45) is 0 Å². The van der Waals surface area contributed by atoms with Crippen molar-refractivity contribution in [1.82, 2.24) is 9.88 Å². The molecule has 1 saturated heterocycles. The summed E-state index contributed by atoms with van der Waals surface area (Å²) in [4.78, 5) is 18.4. The number of aromatic nitrogens is 1. The number of benzene rings is 1. The fourth-order valence-electron chi connectivity index (χ4n) is 2.73. The largest absolute Gasteiger partial charge is 0.376 e. The van der Waals surface area contributed by atoms with E-state index in [9.17, 15) is 9.18 Å². The van der Waals surface area contributed by atoms with Crippen LogP contribution < -0.4 is 5.32 Å². The van der Waals surface area contributed by atoms with Gasteiger partial charge < -0.3 is 15.0 Å². The highest BCUT2D eigenvalue weighted by Crippen LogP contribution is 2.17. The van der Waals surface area contributed by atoms with Crippen molar-refractivity contribution in [1.29, 1.82) is 0 Å². The van der Waals surface area contributed by atoms with Gasteiger partial charge in [0.05, 0.1) is 6.10 Å². The number of rotatable bonds is 5. The normalized spacial score (nSPS) is 16.8. The van der Waals surface area contributed by atoms with Gasteiger partial charge in [-0.25, -0.2) is 9.18 Å². The number of anilines is 1. The Labute approximate surface area is 140 Å². The Morgan fingerprint density at radius 3 is 3.00 bits per heavy atom. The molecule has 6 heteroatoms. The van der Waals surface area contributed by atoms with E-state index in [1.54, 1.807) is 29.4 Å². The predicted octanol–water partition coefficient (Wildman–Crippen LogP) is 3.43. The lowest BCUT2D eigenvalue weighted by molar-refractivity contribution is 0.0819. The summed E-state index contributed by atoms with van der Waals surface area (Å²) in [5.41, 5.74) is 1.37. The molecule has 126 valence electrons. The van der Waals surface area contributed by atoms with Crippen LogP contribution in [0.3, 0.4) is 0 Å². The van der Waals surface area contributed by atoms with Crippen molar-refractivity contribution in [3.8, 4) is 0 Å². The first-order valence-electron chi connectivity index (χ1n) is 8.03. The lowest BCUT2D eigenvalue weighted by Gasteiger charge is -2.25. The molecule has 2 amide bonds. The number of hydrogen-bond donors (Lipinski definition) is 1. The van der Waals surface area contributed by atoms with Crippen LogP contribution in [0.1, 0.15) is 18.4 Å². The highest BCUT2D eigenvalue weighted by molar-refractivity contribution is 5.89. The van der Waals surface area contributed by atoms with Crippen LogP contribution >= 0.6 is 0 Å². The average Bonchev–Trinajstić information content (AvgIpc) is 3.08. The molecule has 1 aromatic carbocycles. The Bertz CT molecular complexity index is 675. The molecule has 24 heavy (non-hydrogen) atoms. The third-order valence-corrected chi connectivity index (χ3v) is 3.91. The van der Waals surface area contributed by atoms with Gasteiger partial charge in [-0.15, -0.1) is 0 Å². The molecular weight excluding hydrogens is 309 g/mol. The minimum atomic E-state index is -0.384. The Balaban J connectivity index is 1.70. The number of nitrogens with one attached hydrogen (secondary N) is 1. The van der Waals surface area contributed by atoms with Gasteiger partial charge in [-0.05, 0) is 42.7 Å². The van der Waals surface area contributed by atoms with E-state index in [-0.39, 0.29) is 18.0 Å². The zero-order valence-corrected chi connectivity index (χ0v) is 13.3. The first-order chi connectivity index (χ1) is 11.7. The molecule has 2 heterocycles. The van der Waals surface area contributed by atoms with Crippen molar-refractivity contribution in [2.75, 3.05) is 18.5 Å². The van der Waals surface area contributed by atoms with E-state index in [2.05, 4.69) is 10.3 Å². The van der Waals surface area contributed by atoms with Crippen LogP contribution in [0.2, 0.25) is 0 Å². The van der Waals surface area contributed by atoms with Crippen LogP contribution in [-0.4, -0.2) is 35.2 Å². The number of hydrogen-bond acceptors (Lipinski definition) is 3. The van der Waals surface area contributed by atoms with Crippen LogP contribution in [0.15, 0.2) is 48.8 Å². The molecule has 1 atom stereocenters. The van der Waals surface area contributed by atoms with E-state index in [1.165, 1.54) is 12.1 Å². The van der Waals surface area contributed by atoms with Gasteiger partial charge in [-0.1, -0.05) is 12.1 Å². The highest BCUT2D eigenvalue weighted by Gasteiger charge is 2.23. The molecule has 1 aliphatic heterocycles. The number of amides is 2. The molecule has 0 radical (unpaired) electrons. The fourth-order valence-corrected chi connectivity index (χ4v) is 2.73. The van der Waals surface area contributed by atoms with E-state index < -0.39 is 0 Å². The number of carbonyl (C=O) groups is 1. The molecule has 0 aliphatic carbocycles. The van der Waals surface area contributed by atoms with E-state index in [0.717, 1.165) is 25.0 Å². The Hall–Kier alpha value is -2.47. The lowest BCUT2D eigenvalue weighted by atomic mass is 10.2. The van der Waals surface area contributed by atoms with Gasteiger partial charge >= 0.3 is 6.03 Å². The molecule has 5 nitrogen and oxygen atoms in total. The summed E-state index contributed by atoms with van der Waals surface area (Å²) in [5, 5.41) is 2.75. The number of nitrogens with zero attached hydrogens (tertiary/aromatic N) is 2. The van der Waals surface area contributed by atoms with Crippen LogP contribution in [0.4, 0.5) is 14.9 Å². The minimum Gasteiger partial charge on any atom is -0.376 e. The summed E-state index contributed by atoms with van der Waals surface area (Å²) in [7, 11) is 0. The predicted molar refractivity (Wildman–Crippen MR) is 89.0 cm³/mol. The standard InChI is InChI=1S/C18H20FN3O2/c19-15-5-1-6-16(10-15)21-18(23)22(13-17-7-3-9-24-17)12-14-4-2-8-20-11-14/h1-2,4-6,8,10-11,17H,3,7,9,12-13H2,(H,21,23)/t17-/m0/s1. The van der Waals surface area contributed by atoms with Crippen LogP contribution in [0, 0.1) is 5.82 Å². The molecule has 1 fully saturated rings. The Kier molecular flexibility index (Phi) is 5.38. The zero-order chi connectivity index (χ0) is 16.8. The van der Waals surface area contributed by atoms with Gasteiger partial charge in [0.15, 0.2) is 0 Å². The van der Waals surface area contributed by atoms with Crippen molar-refractivity contribution in [2.45, 2.75) is 25.5 Å². The van der Waals surface area contributed by atoms with Crippen LogP contribution in [0.25, 0.3) is 0 Å². The van der Waals surface area contributed by atoms with Crippen molar-refractivity contribution >= 4 is 11.7 Å². The smallest absolute Gasteiger partial charge is 0.322 e. The summed E-state index contributed by atoms with van der Waals surface area (Å²) in [5.74, 6) is -0.384. The van der Waals surface area contributed by atoms with Crippen LogP contribution in [-0.2, 0) is 11.3 Å². The SMILES string of the molecule is O=C(Nc1cccc(F)c1)N(Cc1cccnc1)C[C@@H]1CCCO1. The second-order valence-corrected chi connectivity index (χ2v) is 5.82. The summed E-state index contributed by atoms with van der Waals surface area (Å²) >= 11 is 0. The summed E-state index contributed by atoms with van der Waals surface area (Å²) < 4.78 is 18.9. The Morgan fingerprint density at radius 1 is 1.38 bits per heavy atom. The van der Waals surface area contributed by atoms with Crippen molar-refractivity contribution in [3.63, 3.8) is 0 Å². The van der Waals surface area contributed by atoms with Crippen molar-refractivity contribution < 1.29 is 13.9 Å². The number of ether oxygens (including phenoxy) is 1. The molecule has 3 rings (SSSR count). The second-order valence-electron chi connectivity index (χ2n) is 5.82. The number of halogens is 1. The molecule has 1 N–H and O–H groups in total. The molecule has 0 saturated carbocycles. The van der Waals surface area contributed by atoms with Gasteiger partial charge in [-0.3, -0.25) is 4.98 Å². The lowest BCUT2D eigenvalue weighted by Crippen LogP contribution is -2.39. The quantitative estimate of drug-likeness (QED) is 0.914. The topological polar surface area (TPSA) is 54.5 Å². The first kappa shape index (κ1) is 16.4. The molecule has 0 bridgehead atoms. The van der Waals surface area contributed by atoms with E-state index in [1.807, 2.05) is 12.1 Å². The van der Waals surface area contributed by atoms with Gasteiger partial charge in [0, 0.05) is 37.8 Å². The second kappa shape index (κ2) is 7.88. The first-order valence-corrected chi connectivity index (χ1v) is 8.03. The maximum Gasteiger partial charge on any atom is 0.322 e. The van der Waals surface area contributed by atoms with Crippen LogP contribution in [0.5, 0.6) is 0 Å². The molecular formula is C18H20FN3O2. The molecule has 1 aliphatic rings. The third-order valence-electron chi connectivity index (χ3n) is 3.91. The maximum atomic E-state index is 13.3. The number of urea groups is 1. The number of pyridine rings is 1. The molecule has 0 unspecified atom stereocenters. The molecule has 2 aromatic rings. The Morgan fingerprint density at radius 2 is 2.29 bits per heavy atom. The average molecular weight is 329 g/mol. The third kappa shape index (κ3) is 4.52. The summed E-state index contributed by atoms with van der Waals surface area (Å²) in [6.07, 6.45) is 5.42. The fraction of sp³-hybridized carbons (Fsp3) is 0.333. The van der Waals surface area contributed by atoms with E-state index >= 15 is 0 Å². The highest BCUT2D eigenvalue weighted by atomic mass is 19.1. The monoisotopic (exact) mass is 329 g/mol. The van der Waals surface area contributed by atoms with Gasteiger partial charge in [0.25, 0.3) is 0 Å². The maximum absolute atomic E-state index is 13.3. The van der Waals surface area contributed by atoms with Gasteiger partial charge in [0.2, 0.25) is 0 Å².